The topological polar surface area (TPSA) is 61.8 Å². The van der Waals surface area contributed by atoms with E-state index in [1.165, 1.54) is 24.3 Å². The molecule has 0 heterocycles. The van der Waals surface area contributed by atoms with Crippen LogP contribution in [0, 0.1) is 6.92 Å². The number of alkyl halides is 3. The molecule has 0 radical (unpaired) electrons. The van der Waals surface area contributed by atoms with Crippen LogP contribution in [-0.4, -0.2) is 15.0 Å². The molecule has 7 heteroatoms. The van der Waals surface area contributed by atoms with Crippen molar-refractivity contribution in [1.82, 2.24) is 0 Å². The van der Waals surface area contributed by atoms with Gasteiger partial charge in [0.15, 0.2) is 9.84 Å². The Kier molecular flexibility index (Phi) is 4.81. The van der Waals surface area contributed by atoms with Crippen molar-refractivity contribution in [1.29, 1.82) is 0 Å². The van der Waals surface area contributed by atoms with Crippen molar-refractivity contribution in [3.63, 3.8) is 0 Å². The van der Waals surface area contributed by atoms with E-state index in [1.807, 2.05) is 6.92 Å². The summed E-state index contributed by atoms with van der Waals surface area (Å²) in [5, 5.41) is -1.12. The molecule has 3 N–H and O–H groups in total. The lowest BCUT2D eigenvalue weighted by Crippen LogP contribution is -2.54. The average molecular weight is 344 g/mol. The molecule has 3 nitrogen and oxygen atoms in total. The zero-order valence-electron chi connectivity index (χ0n) is 12.5. The molecule has 2 aromatic carbocycles. The molecule has 0 aliphatic heterocycles. The van der Waals surface area contributed by atoms with E-state index in [9.17, 15) is 21.6 Å². The van der Waals surface area contributed by atoms with E-state index in [0.29, 0.717) is 0 Å². The van der Waals surface area contributed by atoms with Crippen molar-refractivity contribution < 1.29 is 27.3 Å². The van der Waals surface area contributed by atoms with Crippen molar-refractivity contribution in [2.24, 2.45) is 0 Å². The van der Waals surface area contributed by atoms with Gasteiger partial charge >= 0.3 is 6.18 Å². The molecule has 0 amide bonds. The summed E-state index contributed by atoms with van der Waals surface area (Å²) in [6.45, 7) is 1.76. The molecule has 2 aromatic rings. The van der Waals surface area contributed by atoms with Gasteiger partial charge in [0, 0.05) is 0 Å². The highest BCUT2D eigenvalue weighted by Gasteiger charge is 2.34. The van der Waals surface area contributed by atoms with Crippen LogP contribution in [0.3, 0.4) is 0 Å². The minimum absolute atomic E-state index is 0.0580. The van der Waals surface area contributed by atoms with Gasteiger partial charge in [-0.05, 0) is 30.7 Å². The second kappa shape index (κ2) is 6.33. The van der Waals surface area contributed by atoms with Gasteiger partial charge in [0.1, 0.15) is 5.25 Å². The van der Waals surface area contributed by atoms with Crippen LogP contribution in [0.1, 0.15) is 21.9 Å². The third-order valence-electron chi connectivity index (χ3n) is 3.57. The number of benzene rings is 2. The maximum Gasteiger partial charge on any atom is 0.416 e. The first kappa shape index (κ1) is 17.5. The van der Waals surface area contributed by atoms with Crippen LogP contribution in [0.25, 0.3) is 0 Å². The van der Waals surface area contributed by atoms with Crippen molar-refractivity contribution in [3.8, 4) is 0 Å². The van der Waals surface area contributed by atoms with Crippen LogP contribution < -0.4 is 5.73 Å². The summed E-state index contributed by atoms with van der Waals surface area (Å²) in [6.07, 6.45) is -4.52. The highest BCUT2D eigenvalue weighted by molar-refractivity contribution is 7.91. The fourth-order valence-corrected chi connectivity index (χ4v) is 3.97. The molecular formula is C16H17F3NO2S+. The molecular weight excluding hydrogens is 327 g/mol. The van der Waals surface area contributed by atoms with Crippen LogP contribution in [0.15, 0.2) is 53.4 Å². The Morgan fingerprint density at radius 3 is 2.22 bits per heavy atom. The number of quaternary nitrogens is 1. The first-order valence-electron chi connectivity index (χ1n) is 6.93. The molecule has 1 atom stereocenters. The Balaban J connectivity index is 2.49. The zero-order chi connectivity index (χ0) is 17.3. The quantitative estimate of drug-likeness (QED) is 0.927. The fourth-order valence-electron chi connectivity index (χ4n) is 2.31. The van der Waals surface area contributed by atoms with Gasteiger partial charge in [0.2, 0.25) is 0 Å². The molecule has 0 saturated heterocycles. The van der Waals surface area contributed by atoms with Crippen LogP contribution in [-0.2, 0) is 16.0 Å². The van der Waals surface area contributed by atoms with Gasteiger partial charge in [-0.2, -0.15) is 13.2 Å². The summed E-state index contributed by atoms with van der Waals surface area (Å²) in [6, 6.07) is 10.6. The summed E-state index contributed by atoms with van der Waals surface area (Å²) >= 11 is 0. The molecule has 0 aliphatic rings. The smallest absolute Gasteiger partial charge is 0.356 e. The number of rotatable bonds is 4. The molecule has 0 spiro atoms. The third-order valence-corrected chi connectivity index (χ3v) is 5.76. The predicted octanol–water partition coefficient (Wildman–Crippen LogP) is 2.77. The number of hydrogen-bond acceptors (Lipinski definition) is 2. The number of halogens is 3. The van der Waals surface area contributed by atoms with Gasteiger partial charge in [-0.15, -0.1) is 0 Å². The van der Waals surface area contributed by atoms with Crippen molar-refractivity contribution in [2.75, 3.05) is 6.54 Å². The monoisotopic (exact) mass is 344 g/mol. The first-order valence-corrected chi connectivity index (χ1v) is 8.48. The summed E-state index contributed by atoms with van der Waals surface area (Å²) < 4.78 is 63.9. The van der Waals surface area contributed by atoms with Gasteiger partial charge < -0.3 is 5.73 Å². The van der Waals surface area contributed by atoms with Gasteiger partial charge in [-0.1, -0.05) is 35.9 Å². The zero-order valence-corrected chi connectivity index (χ0v) is 13.3. The Bertz CT molecular complexity index is 784. The normalized spacial score (nSPS) is 13.8. The molecule has 2 rings (SSSR count). The number of hydrogen-bond donors (Lipinski definition) is 1. The lowest BCUT2D eigenvalue weighted by Gasteiger charge is -2.16. The van der Waals surface area contributed by atoms with Crippen LogP contribution in [0.5, 0.6) is 0 Å². The maximum atomic E-state index is 12.8. The van der Waals surface area contributed by atoms with Crippen molar-refractivity contribution in [2.45, 2.75) is 23.2 Å². The van der Waals surface area contributed by atoms with Crippen LogP contribution in [0.4, 0.5) is 13.2 Å². The molecule has 0 unspecified atom stereocenters. The van der Waals surface area contributed by atoms with E-state index in [-0.39, 0.29) is 17.0 Å². The Morgan fingerprint density at radius 2 is 1.70 bits per heavy atom. The molecule has 124 valence electrons. The van der Waals surface area contributed by atoms with Crippen molar-refractivity contribution >= 4 is 9.84 Å². The largest absolute Gasteiger partial charge is 0.416 e. The maximum absolute atomic E-state index is 12.8. The number of aryl methyl sites for hydroxylation is 1. The summed E-state index contributed by atoms with van der Waals surface area (Å²) in [4.78, 5) is 0.0779. The highest BCUT2D eigenvalue weighted by atomic mass is 32.2. The predicted molar refractivity (Wildman–Crippen MR) is 80.3 cm³/mol. The van der Waals surface area contributed by atoms with Crippen molar-refractivity contribution in [3.05, 3.63) is 65.2 Å². The number of sulfone groups is 1. The summed E-state index contributed by atoms with van der Waals surface area (Å²) in [5.41, 5.74) is 3.73. The van der Waals surface area contributed by atoms with Gasteiger partial charge in [0.25, 0.3) is 0 Å². The van der Waals surface area contributed by atoms with Crippen LogP contribution >= 0.6 is 0 Å². The standard InChI is InChI=1S/C16H16F3NO2S/c1-11-5-7-14(8-6-11)23(21,22)15(10-20)12-3-2-4-13(9-12)16(17,18)19/h2-9,15H,10,20H2,1H3/p+1/t15-/m0/s1. The lowest BCUT2D eigenvalue weighted by atomic mass is 10.1. The fraction of sp³-hybridized carbons (Fsp3) is 0.250. The molecule has 0 fully saturated rings. The van der Waals surface area contributed by atoms with Gasteiger partial charge in [0.05, 0.1) is 17.0 Å². The minimum Gasteiger partial charge on any atom is -0.356 e. The SMILES string of the molecule is Cc1ccc(S(=O)(=O)[C@@H](C[NH3+])c2cccc(C(F)(F)F)c2)cc1. The third kappa shape index (κ3) is 3.73. The second-order valence-corrected chi connectivity index (χ2v) is 7.39. The van der Waals surface area contributed by atoms with E-state index in [4.69, 9.17) is 0 Å². The van der Waals surface area contributed by atoms with E-state index in [0.717, 1.165) is 17.7 Å². The molecule has 23 heavy (non-hydrogen) atoms. The van der Waals surface area contributed by atoms with E-state index in [1.54, 1.807) is 12.1 Å². The van der Waals surface area contributed by atoms with Gasteiger partial charge in [-0.25, -0.2) is 8.42 Å². The highest BCUT2D eigenvalue weighted by Crippen LogP contribution is 2.33. The molecule has 0 aliphatic carbocycles. The Hall–Kier alpha value is -1.86. The lowest BCUT2D eigenvalue weighted by molar-refractivity contribution is -0.367. The van der Waals surface area contributed by atoms with Crippen LogP contribution in [0.2, 0.25) is 0 Å². The second-order valence-electron chi connectivity index (χ2n) is 5.26. The summed E-state index contributed by atoms with van der Waals surface area (Å²) in [7, 11) is -3.81. The molecule has 0 aromatic heterocycles. The van der Waals surface area contributed by atoms with E-state index in [2.05, 4.69) is 5.73 Å². The minimum atomic E-state index is -4.52. The summed E-state index contributed by atoms with van der Waals surface area (Å²) in [5.74, 6) is 0. The Morgan fingerprint density at radius 1 is 1.09 bits per heavy atom. The molecule has 0 saturated carbocycles. The van der Waals surface area contributed by atoms with E-state index >= 15 is 0 Å². The molecule has 0 bridgehead atoms. The Labute approximate surface area is 132 Å². The van der Waals surface area contributed by atoms with Gasteiger partial charge in [-0.3, -0.25) is 0 Å². The first-order chi connectivity index (χ1) is 10.7. The average Bonchev–Trinajstić information content (AvgIpc) is 2.47. The van der Waals surface area contributed by atoms with E-state index < -0.39 is 26.8 Å².